The van der Waals surface area contributed by atoms with E-state index < -0.39 is 0 Å². The molecule has 1 amide bonds. The number of nitrogens with zero attached hydrogens (tertiary/aromatic N) is 1. The van der Waals surface area contributed by atoms with Crippen molar-refractivity contribution in [3.8, 4) is 11.5 Å². The number of ether oxygens (including phenoxy) is 2. The van der Waals surface area contributed by atoms with Gasteiger partial charge in [-0.1, -0.05) is 0 Å². The highest BCUT2D eigenvalue weighted by Gasteiger charge is 2.23. The van der Waals surface area contributed by atoms with E-state index in [0.29, 0.717) is 25.4 Å². The summed E-state index contributed by atoms with van der Waals surface area (Å²) in [6.45, 7) is 3.57. The van der Waals surface area contributed by atoms with Crippen LogP contribution in [-0.2, 0) is 4.74 Å². The molecule has 6 nitrogen and oxygen atoms in total. The van der Waals surface area contributed by atoms with Gasteiger partial charge in [-0.15, -0.1) is 0 Å². The van der Waals surface area contributed by atoms with Crippen molar-refractivity contribution >= 4 is 11.8 Å². The topological polar surface area (TPSA) is 71.0 Å². The number of methoxy groups -OCH3 is 1. The molecule has 6 heteroatoms. The Morgan fingerprint density at radius 2 is 2.14 bits per heavy atom. The van der Waals surface area contributed by atoms with Crippen LogP contribution in [0.15, 0.2) is 18.2 Å². The predicted octanol–water partition coefficient (Wildman–Crippen LogP) is 2.43. The second-order valence-electron chi connectivity index (χ2n) is 4.99. The van der Waals surface area contributed by atoms with E-state index in [1.807, 2.05) is 13.0 Å². The lowest BCUT2D eigenvalue weighted by molar-refractivity contribution is 0.0983. The average molecular weight is 294 g/mol. The van der Waals surface area contributed by atoms with Gasteiger partial charge in [-0.25, -0.2) is 4.79 Å². The lowest BCUT2D eigenvalue weighted by atomic mass is 10.0. The van der Waals surface area contributed by atoms with E-state index in [1.165, 1.54) is 7.11 Å². The molecular weight excluding hydrogens is 272 g/mol. The SMILES string of the molecule is CCOC(=O)N1CCC(Nc2ccc(OC)c(O)c2)CC1. The molecule has 0 spiro atoms. The zero-order valence-electron chi connectivity index (χ0n) is 12.5. The molecule has 0 radical (unpaired) electrons. The largest absolute Gasteiger partial charge is 0.504 e. The van der Waals surface area contributed by atoms with Gasteiger partial charge in [-0.05, 0) is 31.9 Å². The summed E-state index contributed by atoms with van der Waals surface area (Å²) in [6.07, 6.45) is 1.47. The summed E-state index contributed by atoms with van der Waals surface area (Å²) in [4.78, 5) is 13.3. The van der Waals surface area contributed by atoms with Gasteiger partial charge < -0.3 is 24.8 Å². The van der Waals surface area contributed by atoms with Crippen LogP contribution < -0.4 is 10.1 Å². The Balaban J connectivity index is 1.86. The molecular formula is C15H22N2O4. The van der Waals surface area contributed by atoms with Crippen molar-refractivity contribution in [1.29, 1.82) is 0 Å². The second-order valence-corrected chi connectivity index (χ2v) is 4.99. The number of carbonyl (C=O) groups excluding carboxylic acids is 1. The number of rotatable bonds is 4. The molecule has 0 atom stereocenters. The quantitative estimate of drug-likeness (QED) is 0.892. The Labute approximate surface area is 124 Å². The summed E-state index contributed by atoms with van der Waals surface area (Å²) in [6, 6.07) is 5.53. The molecule has 1 aromatic rings. The zero-order chi connectivity index (χ0) is 15.2. The summed E-state index contributed by atoms with van der Waals surface area (Å²) in [5.41, 5.74) is 0.850. The molecule has 21 heavy (non-hydrogen) atoms. The van der Waals surface area contributed by atoms with Crippen LogP contribution in [0.2, 0.25) is 0 Å². The lowest BCUT2D eigenvalue weighted by Crippen LogP contribution is -2.42. The Kier molecular flexibility index (Phi) is 5.14. The van der Waals surface area contributed by atoms with E-state index in [-0.39, 0.29) is 17.9 Å². The summed E-state index contributed by atoms with van der Waals surface area (Å²) in [5, 5.41) is 13.1. The third-order valence-corrected chi connectivity index (χ3v) is 3.57. The first kappa shape index (κ1) is 15.3. The van der Waals surface area contributed by atoms with Crippen LogP contribution in [-0.4, -0.2) is 48.9 Å². The van der Waals surface area contributed by atoms with Gasteiger partial charge in [0.15, 0.2) is 11.5 Å². The van der Waals surface area contributed by atoms with Crippen LogP contribution in [0.25, 0.3) is 0 Å². The van der Waals surface area contributed by atoms with Gasteiger partial charge in [0.2, 0.25) is 0 Å². The minimum atomic E-state index is -0.238. The molecule has 1 heterocycles. The molecule has 1 aromatic carbocycles. The van der Waals surface area contributed by atoms with Crippen molar-refractivity contribution in [2.45, 2.75) is 25.8 Å². The minimum absolute atomic E-state index is 0.117. The highest BCUT2D eigenvalue weighted by molar-refractivity contribution is 5.67. The van der Waals surface area contributed by atoms with Crippen molar-refractivity contribution in [2.75, 3.05) is 32.1 Å². The number of piperidine rings is 1. The van der Waals surface area contributed by atoms with Crippen LogP contribution in [0.1, 0.15) is 19.8 Å². The highest BCUT2D eigenvalue weighted by atomic mass is 16.6. The van der Waals surface area contributed by atoms with Gasteiger partial charge in [0.25, 0.3) is 0 Å². The number of hydrogen-bond acceptors (Lipinski definition) is 5. The number of likely N-dealkylation sites (tertiary alicyclic amines) is 1. The highest BCUT2D eigenvalue weighted by Crippen LogP contribution is 2.29. The first-order valence-electron chi connectivity index (χ1n) is 7.19. The number of phenols is 1. The summed E-state index contributed by atoms with van der Waals surface area (Å²) in [7, 11) is 1.52. The normalized spacial score (nSPS) is 15.6. The number of anilines is 1. The fourth-order valence-electron chi connectivity index (χ4n) is 2.44. The molecule has 116 valence electrons. The van der Waals surface area contributed by atoms with E-state index in [4.69, 9.17) is 9.47 Å². The third-order valence-electron chi connectivity index (χ3n) is 3.57. The maximum atomic E-state index is 11.6. The first-order chi connectivity index (χ1) is 10.1. The molecule has 1 aliphatic rings. The van der Waals surface area contributed by atoms with Crippen LogP contribution >= 0.6 is 0 Å². The summed E-state index contributed by atoms with van der Waals surface area (Å²) >= 11 is 0. The van der Waals surface area contributed by atoms with E-state index in [9.17, 15) is 9.90 Å². The number of nitrogens with one attached hydrogen (secondary N) is 1. The molecule has 0 aliphatic carbocycles. The van der Waals surface area contributed by atoms with Crippen LogP contribution in [0.5, 0.6) is 11.5 Å². The molecule has 0 aromatic heterocycles. The van der Waals surface area contributed by atoms with Crippen LogP contribution in [0.3, 0.4) is 0 Å². The van der Waals surface area contributed by atoms with Gasteiger partial charge in [0, 0.05) is 30.9 Å². The van der Waals surface area contributed by atoms with Gasteiger partial charge in [0.05, 0.1) is 13.7 Å². The molecule has 1 fully saturated rings. The van der Waals surface area contributed by atoms with Crippen molar-refractivity contribution in [1.82, 2.24) is 4.90 Å². The van der Waals surface area contributed by atoms with Crippen molar-refractivity contribution < 1.29 is 19.4 Å². The maximum Gasteiger partial charge on any atom is 0.409 e. The second kappa shape index (κ2) is 7.06. The van der Waals surface area contributed by atoms with Crippen molar-refractivity contribution in [3.05, 3.63) is 18.2 Å². The average Bonchev–Trinajstić information content (AvgIpc) is 2.48. The van der Waals surface area contributed by atoms with Gasteiger partial charge in [-0.2, -0.15) is 0 Å². The van der Waals surface area contributed by atoms with Gasteiger partial charge in [0.1, 0.15) is 0 Å². The molecule has 1 aliphatic heterocycles. The molecule has 2 N–H and O–H groups in total. The number of carbonyl (C=O) groups is 1. The van der Waals surface area contributed by atoms with Gasteiger partial charge >= 0.3 is 6.09 Å². The van der Waals surface area contributed by atoms with E-state index >= 15 is 0 Å². The third kappa shape index (κ3) is 3.93. The molecule has 1 saturated heterocycles. The Hall–Kier alpha value is -2.11. The lowest BCUT2D eigenvalue weighted by Gasteiger charge is -2.32. The van der Waals surface area contributed by atoms with E-state index in [0.717, 1.165) is 18.5 Å². The van der Waals surface area contributed by atoms with Crippen molar-refractivity contribution in [3.63, 3.8) is 0 Å². The Bertz CT molecular complexity index is 485. The van der Waals surface area contributed by atoms with Crippen molar-refractivity contribution in [2.24, 2.45) is 0 Å². The Morgan fingerprint density at radius 1 is 1.43 bits per heavy atom. The standard InChI is InChI=1S/C15H22N2O4/c1-3-21-15(19)17-8-6-11(7-9-17)16-12-4-5-14(20-2)13(18)10-12/h4-5,10-11,16,18H,3,6-9H2,1-2H3. The zero-order valence-corrected chi connectivity index (χ0v) is 12.5. The van der Waals surface area contributed by atoms with Crippen LogP contribution in [0, 0.1) is 0 Å². The van der Waals surface area contributed by atoms with E-state index in [1.54, 1.807) is 17.0 Å². The summed E-state index contributed by atoms with van der Waals surface area (Å²) < 4.78 is 10.0. The predicted molar refractivity (Wildman–Crippen MR) is 79.9 cm³/mol. The maximum absolute atomic E-state index is 11.6. The Morgan fingerprint density at radius 3 is 2.71 bits per heavy atom. The number of aromatic hydroxyl groups is 1. The molecule has 0 bridgehead atoms. The monoisotopic (exact) mass is 294 g/mol. The van der Waals surface area contributed by atoms with Crippen LogP contribution in [0.4, 0.5) is 10.5 Å². The molecule has 0 saturated carbocycles. The smallest absolute Gasteiger partial charge is 0.409 e. The minimum Gasteiger partial charge on any atom is -0.504 e. The molecule has 0 unspecified atom stereocenters. The van der Waals surface area contributed by atoms with E-state index in [2.05, 4.69) is 5.32 Å². The first-order valence-corrected chi connectivity index (χ1v) is 7.19. The van der Waals surface area contributed by atoms with Gasteiger partial charge in [-0.3, -0.25) is 0 Å². The number of hydrogen-bond donors (Lipinski definition) is 2. The molecule has 2 rings (SSSR count). The number of phenolic OH excluding ortho intramolecular Hbond substituents is 1. The fourth-order valence-corrected chi connectivity index (χ4v) is 2.44. The number of benzene rings is 1. The number of amides is 1. The summed E-state index contributed by atoms with van der Waals surface area (Å²) in [5.74, 6) is 0.573. The fraction of sp³-hybridized carbons (Fsp3) is 0.533.